The Hall–Kier alpha value is -3.82. The second-order valence-electron chi connectivity index (χ2n) is 6.96. The van der Waals surface area contributed by atoms with Crippen LogP contribution in [-0.2, 0) is 11.2 Å². The van der Waals surface area contributed by atoms with Crippen LogP contribution in [0.25, 0.3) is 10.8 Å². The number of anilines is 1. The molecule has 0 bridgehead atoms. The number of aromatic nitrogens is 2. The molecule has 0 atom stereocenters. The monoisotopic (exact) mass is 480 g/mol. The Morgan fingerprint density at radius 3 is 2.30 bits per heavy atom. The number of nitrogens with zero attached hydrogens (tertiary/aromatic N) is 2. The van der Waals surface area contributed by atoms with E-state index in [1.165, 1.54) is 11.8 Å². The Kier molecular flexibility index (Phi) is 6.62. The van der Waals surface area contributed by atoms with Crippen LogP contribution < -0.4 is 16.3 Å². The van der Waals surface area contributed by atoms with E-state index in [1.807, 2.05) is 0 Å². The van der Waals surface area contributed by atoms with Crippen LogP contribution in [0, 0.1) is 0 Å². The van der Waals surface area contributed by atoms with Crippen molar-refractivity contribution < 1.29 is 14.7 Å². The Balaban J connectivity index is 1.62. The number of nitrogens with one attached hydrogen (secondary N) is 2. The Morgan fingerprint density at radius 2 is 1.64 bits per heavy atom. The number of benzene rings is 3. The Labute approximate surface area is 197 Å². The highest BCUT2D eigenvalue weighted by Crippen LogP contribution is 2.31. The molecular weight excluding hydrogens is 464 g/mol. The minimum atomic E-state index is -1.15. The number of halogens is 1. The van der Waals surface area contributed by atoms with E-state index < -0.39 is 17.6 Å². The molecule has 0 saturated carbocycles. The molecule has 10 heteroatoms. The quantitative estimate of drug-likeness (QED) is 0.371. The fourth-order valence-corrected chi connectivity index (χ4v) is 4.13. The molecule has 0 spiro atoms. The fraction of sp³-hybridized carbons (Fsp3) is 0.0435. The van der Waals surface area contributed by atoms with E-state index >= 15 is 0 Å². The zero-order valence-corrected chi connectivity index (χ0v) is 18.6. The van der Waals surface area contributed by atoms with E-state index in [9.17, 15) is 14.4 Å². The van der Waals surface area contributed by atoms with Crippen LogP contribution in [-0.4, -0.2) is 27.0 Å². The summed E-state index contributed by atoms with van der Waals surface area (Å²) in [7, 11) is 0. The van der Waals surface area contributed by atoms with Crippen molar-refractivity contribution in [3.05, 3.63) is 93.7 Å². The summed E-state index contributed by atoms with van der Waals surface area (Å²) in [5.41, 5.74) is 3.29. The first-order valence-corrected chi connectivity index (χ1v) is 10.9. The molecule has 1 aromatic heterocycles. The van der Waals surface area contributed by atoms with E-state index in [-0.39, 0.29) is 6.42 Å². The van der Waals surface area contributed by atoms with Gasteiger partial charge in [0.05, 0.1) is 11.8 Å². The standard InChI is InChI=1S/C23H17ClN4O4S/c24-15-7-5-14(6-8-15)13-20(29)26-28-22(30)19-4-2-1-3-18(19)21(27-28)33-17-11-9-16(10-12-17)25-23(31)32/h1-12,25H,13H2,(H,26,29)(H,31,32). The lowest BCUT2D eigenvalue weighted by Gasteiger charge is -2.12. The molecule has 4 aromatic rings. The second kappa shape index (κ2) is 9.76. The predicted octanol–water partition coefficient (Wildman–Crippen LogP) is 4.60. The number of rotatable bonds is 6. The molecule has 2 amide bonds. The molecule has 3 N–H and O–H groups in total. The van der Waals surface area contributed by atoms with Gasteiger partial charge in [0.1, 0.15) is 5.03 Å². The molecule has 0 radical (unpaired) electrons. The van der Waals surface area contributed by atoms with Crippen molar-refractivity contribution >= 4 is 51.8 Å². The van der Waals surface area contributed by atoms with Gasteiger partial charge in [-0.3, -0.25) is 14.9 Å². The molecule has 0 aliphatic carbocycles. The van der Waals surface area contributed by atoms with E-state index in [0.29, 0.717) is 26.5 Å². The van der Waals surface area contributed by atoms with Crippen LogP contribution >= 0.6 is 23.4 Å². The minimum absolute atomic E-state index is 0.0542. The summed E-state index contributed by atoms with van der Waals surface area (Å²) >= 11 is 7.17. The van der Waals surface area contributed by atoms with Gasteiger partial charge in [0.15, 0.2) is 0 Å². The summed E-state index contributed by atoms with van der Waals surface area (Å²) in [4.78, 5) is 38.0. The van der Waals surface area contributed by atoms with Crippen molar-refractivity contribution in [1.29, 1.82) is 0 Å². The fourth-order valence-electron chi connectivity index (χ4n) is 3.10. The molecule has 33 heavy (non-hydrogen) atoms. The Bertz CT molecular complexity index is 1390. The maximum absolute atomic E-state index is 12.9. The number of hydrogen-bond acceptors (Lipinski definition) is 5. The molecule has 0 unspecified atom stereocenters. The van der Waals surface area contributed by atoms with Crippen LogP contribution in [0.15, 0.2) is 87.5 Å². The van der Waals surface area contributed by atoms with E-state index in [4.69, 9.17) is 16.7 Å². The van der Waals surface area contributed by atoms with Crippen molar-refractivity contribution in [2.75, 3.05) is 10.7 Å². The Morgan fingerprint density at radius 1 is 0.970 bits per heavy atom. The summed E-state index contributed by atoms with van der Waals surface area (Å²) in [5.74, 6) is -0.401. The minimum Gasteiger partial charge on any atom is -0.465 e. The molecule has 8 nitrogen and oxygen atoms in total. The number of hydrogen-bond donors (Lipinski definition) is 3. The summed E-state index contributed by atoms with van der Waals surface area (Å²) in [5, 5.41) is 17.6. The van der Waals surface area contributed by atoms with Gasteiger partial charge < -0.3 is 5.11 Å². The van der Waals surface area contributed by atoms with Crippen LogP contribution in [0.2, 0.25) is 5.02 Å². The molecule has 0 fully saturated rings. The lowest BCUT2D eigenvalue weighted by atomic mass is 10.1. The zero-order chi connectivity index (χ0) is 23.4. The second-order valence-corrected chi connectivity index (χ2v) is 8.46. The van der Waals surface area contributed by atoms with Crippen molar-refractivity contribution in [3.63, 3.8) is 0 Å². The first-order chi connectivity index (χ1) is 15.9. The largest absolute Gasteiger partial charge is 0.465 e. The van der Waals surface area contributed by atoms with Gasteiger partial charge in [0, 0.05) is 21.0 Å². The highest BCUT2D eigenvalue weighted by atomic mass is 35.5. The summed E-state index contributed by atoms with van der Waals surface area (Å²) in [6.07, 6.45) is -1.09. The zero-order valence-electron chi connectivity index (χ0n) is 17.0. The lowest BCUT2D eigenvalue weighted by molar-refractivity contribution is -0.116. The number of amides is 2. The maximum atomic E-state index is 12.9. The average molecular weight is 481 g/mol. The van der Waals surface area contributed by atoms with Gasteiger partial charge >= 0.3 is 6.09 Å². The van der Waals surface area contributed by atoms with Crippen molar-refractivity contribution in [3.8, 4) is 0 Å². The van der Waals surface area contributed by atoms with E-state index in [0.717, 1.165) is 15.2 Å². The van der Waals surface area contributed by atoms with E-state index in [1.54, 1.807) is 72.8 Å². The lowest BCUT2D eigenvalue weighted by Crippen LogP contribution is -2.36. The van der Waals surface area contributed by atoms with Crippen LogP contribution in [0.1, 0.15) is 5.56 Å². The van der Waals surface area contributed by atoms with Gasteiger partial charge in [-0.25, -0.2) is 10.2 Å². The molecular formula is C23H17ClN4O4S. The number of carbonyl (C=O) groups is 2. The smallest absolute Gasteiger partial charge is 0.409 e. The van der Waals surface area contributed by atoms with Gasteiger partial charge in [0.25, 0.3) is 5.56 Å². The van der Waals surface area contributed by atoms with E-state index in [2.05, 4.69) is 15.8 Å². The summed E-state index contributed by atoms with van der Waals surface area (Å²) in [6, 6.07) is 20.6. The van der Waals surface area contributed by atoms with Gasteiger partial charge in [-0.15, -0.1) is 9.89 Å². The first-order valence-electron chi connectivity index (χ1n) is 9.73. The average Bonchev–Trinajstić information content (AvgIpc) is 2.79. The summed E-state index contributed by atoms with van der Waals surface area (Å²) < 4.78 is 0. The van der Waals surface area contributed by atoms with Crippen LogP contribution in [0.5, 0.6) is 0 Å². The number of carboxylic acid groups (broad SMARTS) is 1. The molecule has 3 aromatic carbocycles. The van der Waals surface area contributed by atoms with Crippen molar-refractivity contribution in [1.82, 2.24) is 9.89 Å². The third-order valence-electron chi connectivity index (χ3n) is 4.60. The third-order valence-corrected chi connectivity index (χ3v) is 5.85. The SMILES string of the molecule is O=C(O)Nc1ccc(Sc2nn(NC(=O)Cc3ccc(Cl)cc3)c(=O)c3ccccc23)cc1. The summed E-state index contributed by atoms with van der Waals surface area (Å²) in [6.45, 7) is 0. The first kappa shape index (κ1) is 22.4. The number of carbonyl (C=O) groups excluding carboxylic acids is 1. The maximum Gasteiger partial charge on any atom is 0.409 e. The van der Waals surface area contributed by atoms with Crippen LogP contribution in [0.4, 0.5) is 10.5 Å². The van der Waals surface area contributed by atoms with Gasteiger partial charge in [-0.1, -0.05) is 53.7 Å². The topological polar surface area (TPSA) is 113 Å². The molecule has 4 rings (SSSR count). The van der Waals surface area contributed by atoms with Gasteiger partial charge in [0.2, 0.25) is 5.91 Å². The normalized spacial score (nSPS) is 10.7. The molecule has 0 aliphatic rings. The predicted molar refractivity (Wildman–Crippen MR) is 128 cm³/mol. The highest BCUT2D eigenvalue weighted by Gasteiger charge is 2.14. The molecule has 166 valence electrons. The third kappa shape index (κ3) is 5.51. The van der Waals surface area contributed by atoms with Crippen LogP contribution in [0.3, 0.4) is 0 Å². The van der Waals surface area contributed by atoms with Crippen molar-refractivity contribution in [2.45, 2.75) is 16.3 Å². The van der Waals surface area contributed by atoms with Gasteiger partial charge in [-0.2, -0.15) is 0 Å². The highest BCUT2D eigenvalue weighted by molar-refractivity contribution is 7.99. The molecule has 1 heterocycles. The molecule has 0 aliphatic heterocycles. The molecule has 0 saturated heterocycles. The van der Waals surface area contributed by atoms with Gasteiger partial charge in [-0.05, 0) is 48.0 Å². The number of fused-ring (bicyclic) bond motifs is 1. The van der Waals surface area contributed by atoms with Crippen molar-refractivity contribution in [2.24, 2.45) is 0 Å².